The molecule has 0 aliphatic heterocycles. The molecule has 0 bridgehead atoms. The molecule has 4 rings (SSSR count). The first-order valence-corrected chi connectivity index (χ1v) is 17.2. The number of benzene rings is 4. The average Bonchev–Trinajstić information content (AvgIpc) is 3.09. The van der Waals surface area contributed by atoms with Crippen molar-refractivity contribution in [3.63, 3.8) is 0 Å². The highest BCUT2D eigenvalue weighted by molar-refractivity contribution is 7.92. The maximum atomic E-state index is 14.6. The molecule has 4 aromatic rings. The molecule has 0 aliphatic carbocycles. The molecule has 12 heteroatoms. The van der Waals surface area contributed by atoms with E-state index in [0.717, 1.165) is 9.87 Å². The zero-order chi connectivity index (χ0) is 34.8. The van der Waals surface area contributed by atoms with E-state index in [9.17, 15) is 22.4 Å². The van der Waals surface area contributed by atoms with E-state index in [1.54, 1.807) is 0 Å². The first-order chi connectivity index (χ1) is 23.0. The molecule has 48 heavy (non-hydrogen) atoms. The van der Waals surface area contributed by atoms with Crippen molar-refractivity contribution in [1.29, 1.82) is 0 Å². The Labute approximate surface area is 286 Å². The highest BCUT2D eigenvalue weighted by Crippen LogP contribution is 2.33. The Morgan fingerprint density at radius 1 is 0.875 bits per heavy atom. The molecule has 2 amide bonds. The summed E-state index contributed by atoms with van der Waals surface area (Å²) in [5, 5.41) is 3.36. The van der Waals surface area contributed by atoms with Gasteiger partial charge in [-0.2, -0.15) is 0 Å². The van der Waals surface area contributed by atoms with Crippen molar-refractivity contribution < 1.29 is 31.9 Å². The van der Waals surface area contributed by atoms with Crippen molar-refractivity contribution in [3.8, 4) is 11.5 Å². The SMILES string of the molecule is CC[C@@H](C)NC(=O)[C@H](Cc1ccccc1)N(Cc1ccc(F)cc1)C(=O)CN(c1ccc(Cl)cc1)S(=O)(=O)c1ccc(OC)c(OC)c1. The summed E-state index contributed by atoms with van der Waals surface area (Å²) < 4.78 is 54.1. The van der Waals surface area contributed by atoms with Crippen molar-refractivity contribution in [2.45, 2.75) is 50.2 Å². The minimum Gasteiger partial charge on any atom is -0.493 e. The Morgan fingerprint density at radius 2 is 1.52 bits per heavy atom. The molecule has 0 aliphatic rings. The molecule has 0 radical (unpaired) electrons. The number of sulfonamides is 1. The minimum atomic E-state index is -4.40. The number of hydrogen-bond acceptors (Lipinski definition) is 6. The number of hydrogen-bond donors (Lipinski definition) is 1. The zero-order valence-electron chi connectivity index (χ0n) is 27.2. The standard InChI is InChI=1S/C36H39ClFN3O6S/c1-5-25(2)39-36(43)32(21-26-9-7-6-8-10-26)40(23-27-11-15-29(38)16-12-27)35(42)24-41(30-17-13-28(37)14-18-30)48(44,45)31-19-20-33(46-3)34(22-31)47-4/h6-20,22,25,32H,5,21,23-24H2,1-4H3,(H,39,43)/t25-,32+/m1/s1. The van der Waals surface area contributed by atoms with Crippen molar-refractivity contribution >= 4 is 39.1 Å². The number of amides is 2. The van der Waals surface area contributed by atoms with Crippen LogP contribution in [0, 0.1) is 5.82 Å². The van der Waals surface area contributed by atoms with Gasteiger partial charge >= 0.3 is 0 Å². The number of ether oxygens (including phenoxy) is 2. The molecule has 0 fully saturated rings. The smallest absolute Gasteiger partial charge is 0.264 e. The molecule has 0 heterocycles. The van der Waals surface area contributed by atoms with Crippen LogP contribution in [-0.4, -0.2) is 58.0 Å². The molecule has 0 spiro atoms. The Morgan fingerprint density at radius 3 is 2.12 bits per heavy atom. The lowest BCUT2D eigenvalue weighted by Crippen LogP contribution is -2.54. The summed E-state index contributed by atoms with van der Waals surface area (Å²) >= 11 is 6.14. The zero-order valence-corrected chi connectivity index (χ0v) is 28.8. The predicted octanol–water partition coefficient (Wildman–Crippen LogP) is 6.25. The van der Waals surface area contributed by atoms with Gasteiger partial charge in [0.05, 0.1) is 24.8 Å². The number of carbonyl (C=O) groups is 2. The van der Waals surface area contributed by atoms with Gasteiger partial charge in [0.1, 0.15) is 18.4 Å². The minimum absolute atomic E-state index is 0.0879. The second-order valence-corrected chi connectivity index (χ2v) is 13.5. The fourth-order valence-electron chi connectivity index (χ4n) is 5.02. The van der Waals surface area contributed by atoms with Crippen LogP contribution >= 0.6 is 11.6 Å². The Kier molecular flexibility index (Phi) is 12.4. The van der Waals surface area contributed by atoms with Gasteiger partial charge in [-0.05, 0) is 73.0 Å². The summed E-state index contributed by atoms with van der Waals surface area (Å²) in [6.45, 7) is 3.04. The van der Waals surface area contributed by atoms with Gasteiger partial charge in [-0.25, -0.2) is 12.8 Å². The van der Waals surface area contributed by atoms with Crippen molar-refractivity contribution in [1.82, 2.24) is 10.2 Å². The van der Waals surface area contributed by atoms with E-state index in [4.69, 9.17) is 21.1 Å². The summed E-state index contributed by atoms with van der Waals surface area (Å²) in [5.74, 6) is -0.999. The van der Waals surface area contributed by atoms with Gasteiger partial charge in [0.25, 0.3) is 10.0 Å². The summed E-state index contributed by atoms with van der Waals surface area (Å²) in [5.41, 5.74) is 1.53. The Bertz CT molecular complexity index is 1790. The van der Waals surface area contributed by atoms with E-state index in [1.807, 2.05) is 44.2 Å². The van der Waals surface area contributed by atoms with Gasteiger partial charge < -0.3 is 19.7 Å². The Balaban J connectivity index is 1.82. The maximum Gasteiger partial charge on any atom is 0.264 e. The molecular formula is C36H39ClFN3O6S. The number of methoxy groups -OCH3 is 2. The fourth-order valence-corrected chi connectivity index (χ4v) is 6.58. The van der Waals surface area contributed by atoms with Crippen LogP contribution in [0.25, 0.3) is 0 Å². The third kappa shape index (κ3) is 9.05. The molecule has 0 saturated heterocycles. The highest BCUT2D eigenvalue weighted by Gasteiger charge is 2.35. The van der Waals surface area contributed by atoms with E-state index < -0.39 is 40.2 Å². The quantitative estimate of drug-likeness (QED) is 0.158. The average molecular weight is 696 g/mol. The van der Waals surface area contributed by atoms with Crippen LogP contribution in [0.5, 0.6) is 11.5 Å². The first-order valence-electron chi connectivity index (χ1n) is 15.3. The number of halogens is 2. The van der Waals surface area contributed by atoms with Gasteiger partial charge in [0.2, 0.25) is 11.8 Å². The van der Waals surface area contributed by atoms with E-state index >= 15 is 0 Å². The van der Waals surface area contributed by atoms with Crippen LogP contribution in [0.15, 0.2) is 102 Å². The van der Waals surface area contributed by atoms with Crippen molar-refractivity contribution in [2.24, 2.45) is 0 Å². The third-order valence-electron chi connectivity index (χ3n) is 7.87. The Hall–Kier alpha value is -4.61. The van der Waals surface area contributed by atoms with Crippen LogP contribution in [0.1, 0.15) is 31.4 Å². The molecule has 2 atom stereocenters. The molecule has 1 N–H and O–H groups in total. The van der Waals surface area contributed by atoms with E-state index in [0.29, 0.717) is 22.8 Å². The lowest BCUT2D eigenvalue weighted by Gasteiger charge is -2.34. The lowest BCUT2D eigenvalue weighted by atomic mass is 10.0. The molecular weight excluding hydrogens is 657 g/mol. The predicted molar refractivity (Wildman–Crippen MR) is 184 cm³/mol. The van der Waals surface area contributed by atoms with Crippen LogP contribution in [-0.2, 0) is 32.6 Å². The molecule has 0 unspecified atom stereocenters. The van der Waals surface area contributed by atoms with Gasteiger partial charge in [-0.3, -0.25) is 13.9 Å². The lowest BCUT2D eigenvalue weighted by molar-refractivity contribution is -0.140. The largest absolute Gasteiger partial charge is 0.493 e. The molecule has 254 valence electrons. The van der Waals surface area contributed by atoms with E-state index in [-0.39, 0.29) is 35.3 Å². The van der Waals surface area contributed by atoms with Crippen LogP contribution in [0.3, 0.4) is 0 Å². The van der Waals surface area contributed by atoms with E-state index in [1.165, 1.54) is 85.8 Å². The topological polar surface area (TPSA) is 105 Å². The summed E-state index contributed by atoms with van der Waals surface area (Å²) in [4.78, 5) is 29.7. The fraction of sp³-hybridized carbons (Fsp3) is 0.278. The second kappa shape index (κ2) is 16.5. The molecule has 0 aromatic heterocycles. The van der Waals surface area contributed by atoms with Gasteiger partial charge in [0, 0.05) is 30.1 Å². The summed E-state index contributed by atoms with van der Waals surface area (Å²) in [6, 6.07) is 23.8. The van der Waals surface area contributed by atoms with Crippen molar-refractivity contribution in [2.75, 3.05) is 25.1 Å². The normalized spacial score (nSPS) is 12.5. The van der Waals surface area contributed by atoms with Gasteiger partial charge in [-0.15, -0.1) is 0 Å². The molecule has 0 saturated carbocycles. The van der Waals surface area contributed by atoms with Crippen LogP contribution in [0.4, 0.5) is 10.1 Å². The number of anilines is 1. The van der Waals surface area contributed by atoms with Crippen LogP contribution in [0.2, 0.25) is 5.02 Å². The second-order valence-electron chi connectivity index (χ2n) is 11.2. The first kappa shape index (κ1) is 36.2. The van der Waals surface area contributed by atoms with Crippen molar-refractivity contribution in [3.05, 3.63) is 119 Å². The van der Waals surface area contributed by atoms with Crippen LogP contribution < -0.4 is 19.1 Å². The summed E-state index contributed by atoms with van der Waals surface area (Å²) in [7, 11) is -1.58. The molecule has 9 nitrogen and oxygen atoms in total. The maximum absolute atomic E-state index is 14.6. The van der Waals surface area contributed by atoms with Gasteiger partial charge in [0.15, 0.2) is 11.5 Å². The highest BCUT2D eigenvalue weighted by atomic mass is 35.5. The van der Waals surface area contributed by atoms with E-state index in [2.05, 4.69) is 5.32 Å². The number of nitrogens with one attached hydrogen (secondary N) is 1. The third-order valence-corrected chi connectivity index (χ3v) is 9.90. The summed E-state index contributed by atoms with van der Waals surface area (Å²) in [6.07, 6.45) is 0.809. The molecule has 4 aromatic carbocycles. The van der Waals surface area contributed by atoms with Gasteiger partial charge in [-0.1, -0.05) is 61.0 Å². The monoisotopic (exact) mass is 695 g/mol. The number of carbonyl (C=O) groups excluding carboxylic acids is 2. The number of nitrogens with zero attached hydrogens (tertiary/aromatic N) is 2. The number of rotatable bonds is 15.